The lowest BCUT2D eigenvalue weighted by Gasteiger charge is -2.38. The number of fused-ring (bicyclic) bond motifs is 1. The molecule has 0 unspecified atom stereocenters. The molecule has 3 heterocycles. The average Bonchev–Trinajstić information content (AvgIpc) is 3.28. The van der Waals surface area contributed by atoms with E-state index >= 15 is 0 Å². The Morgan fingerprint density at radius 1 is 1.08 bits per heavy atom. The number of H-pyrrole nitrogens is 1. The fourth-order valence-electron chi connectivity index (χ4n) is 2.97. The first-order valence-corrected chi connectivity index (χ1v) is 7.80. The van der Waals surface area contributed by atoms with Gasteiger partial charge in [-0.1, -0.05) is 5.16 Å². The van der Waals surface area contributed by atoms with Crippen molar-refractivity contribution in [1.29, 1.82) is 0 Å². The fourth-order valence-corrected chi connectivity index (χ4v) is 2.97. The maximum absolute atomic E-state index is 10.1. The second-order valence-corrected chi connectivity index (χ2v) is 5.99. The Morgan fingerprint density at radius 2 is 1.92 bits per heavy atom. The van der Waals surface area contributed by atoms with Gasteiger partial charge in [0.2, 0.25) is 5.82 Å². The third kappa shape index (κ3) is 2.71. The molecule has 0 aliphatic carbocycles. The van der Waals surface area contributed by atoms with E-state index < -0.39 is 37.1 Å². The molecule has 9 heteroatoms. The first kappa shape index (κ1) is 16.2. The molecular weight excluding hydrogens is 330 g/mol. The quantitative estimate of drug-likeness (QED) is 0.435. The Balaban J connectivity index is 1.63. The van der Waals surface area contributed by atoms with Crippen molar-refractivity contribution in [2.75, 3.05) is 6.61 Å². The van der Waals surface area contributed by atoms with Gasteiger partial charge in [-0.05, 0) is 24.3 Å². The van der Waals surface area contributed by atoms with Crippen molar-refractivity contribution in [3.63, 3.8) is 0 Å². The molecule has 1 aliphatic rings. The maximum atomic E-state index is 10.1. The molecule has 9 nitrogen and oxygen atoms in total. The van der Waals surface area contributed by atoms with Crippen LogP contribution in [0.3, 0.4) is 0 Å². The topological polar surface area (TPSA) is 145 Å². The molecule has 1 saturated heterocycles. The number of benzene rings is 1. The van der Waals surface area contributed by atoms with Gasteiger partial charge in [0.15, 0.2) is 6.10 Å². The summed E-state index contributed by atoms with van der Waals surface area (Å²) < 4.78 is 10.6. The van der Waals surface area contributed by atoms with Gasteiger partial charge in [0.25, 0.3) is 5.89 Å². The first-order valence-electron chi connectivity index (χ1n) is 7.80. The lowest BCUT2D eigenvalue weighted by molar-refractivity contribution is -0.237. The molecule has 0 amide bonds. The van der Waals surface area contributed by atoms with Crippen LogP contribution >= 0.6 is 0 Å². The molecule has 132 valence electrons. The van der Waals surface area contributed by atoms with Crippen LogP contribution in [0.4, 0.5) is 0 Å². The molecular formula is C16H17N3O6. The summed E-state index contributed by atoms with van der Waals surface area (Å²) >= 11 is 0. The Labute approximate surface area is 141 Å². The van der Waals surface area contributed by atoms with Gasteiger partial charge in [-0.25, -0.2) is 0 Å². The SMILES string of the molecule is OC[C@H]1O[C@@H](c2nc(-c3ccc4[nH]ccc4c3)no2)[C@H](O)[C@@H](O)[C@H]1O. The Kier molecular flexibility index (Phi) is 4.02. The third-order valence-electron chi connectivity index (χ3n) is 4.39. The van der Waals surface area contributed by atoms with Crippen molar-refractivity contribution < 1.29 is 29.7 Å². The predicted molar refractivity (Wildman–Crippen MR) is 84.3 cm³/mol. The number of aromatic nitrogens is 3. The van der Waals surface area contributed by atoms with Gasteiger partial charge in [-0.3, -0.25) is 0 Å². The Bertz CT molecular complexity index is 876. The van der Waals surface area contributed by atoms with Gasteiger partial charge in [-0.2, -0.15) is 4.98 Å². The molecule has 1 aliphatic heterocycles. The minimum Gasteiger partial charge on any atom is -0.394 e. The van der Waals surface area contributed by atoms with Crippen molar-refractivity contribution in [2.24, 2.45) is 0 Å². The van der Waals surface area contributed by atoms with E-state index in [0.29, 0.717) is 11.4 Å². The van der Waals surface area contributed by atoms with Crippen LogP contribution in [0.25, 0.3) is 22.3 Å². The lowest BCUT2D eigenvalue weighted by atomic mass is 9.95. The molecule has 0 saturated carbocycles. The summed E-state index contributed by atoms with van der Waals surface area (Å²) in [7, 11) is 0. The summed E-state index contributed by atoms with van der Waals surface area (Å²) in [6.45, 7) is -0.521. The number of nitrogens with zero attached hydrogens (tertiary/aromatic N) is 2. The summed E-state index contributed by atoms with van der Waals surface area (Å²) in [4.78, 5) is 7.32. The molecule has 5 N–H and O–H groups in total. The largest absolute Gasteiger partial charge is 0.394 e. The summed E-state index contributed by atoms with van der Waals surface area (Å²) in [5.74, 6) is 0.260. The van der Waals surface area contributed by atoms with Crippen LogP contribution in [0, 0.1) is 0 Å². The number of aromatic amines is 1. The van der Waals surface area contributed by atoms with Crippen molar-refractivity contribution in [3.8, 4) is 11.4 Å². The van der Waals surface area contributed by atoms with Crippen LogP contribution in [-0.2, 0) is 4.74 Å². The number of aliphatic hydroxyl groups is 4. The molecule has 0 radical (unpaired) electrons. The average molecular weight is 347 g/mol. The minimum atomic E-state index is -1.50. The standard InChI is InChI=1S/C16H17N3O6/c20-6-10-11(21)12(22)13(23)14(24-10)16-18-15(19-25-16)8-1-2-9-7(5-8)3-4-17-9/h1-5,10-14,17,20-23H,6H2/t10-,11+,12+,13-,14-/m1/s1. The molecule has 0 bridgehead atoms. The van der Waals surface area contributed by atoms with E-state index in [4.69, 9.17) is 9.26 Å². The maximum Gasteiger partial charge on any atom is 0.258 e. The highest BCUT2D eigenvalue weighted by Gasteiger charge is 2.46. The molecule has 3 aromatic rings. The summed E-state index contributed by atoms with van der Waals surface area (Å²) in [5.41, 5.74) is 1.69. The van der Waals surface area contributed by atoms with Gasteiger partial charge >= 0.3 is 0 Å². The fraction of sp³-hybridized carbons (Fsp3) is 0.375. The summed E-state index contributed by atoms with van der Waals surface area (Å²) in [6.07, 6.45) is -4.75. The second kappa shape index (κ2) is 6.21. The molecule has 4 rings (SSSR count). The van der Waals surface area contributed by atoms with Gasteiger partial charge in [0.1, 0.15) is 24.4 Å². The minimum absolute atomic E-state index is 0.0407. The normalized spacial score (nSPS) is 30.0. The van der Waals surface area contributed by atoms with Gasteiger partial charge in [0, 0.05) is 22.7 Å². The number of rotatable bonds is 3. The van der Waals surface area contributed by atoms with E-state index in [-0.39, 0.29) is 5.89 Å². The highest BCUT2D eigenvalue weighted by molar-refractivity contribution is 5.83. The van der Waals surface area contributed by atoms with Crippen molar-refractivity contribution in [1.82, 2.24) is 15.1 Å². The molecule has 1 fully saturated rings. The van der Waals surface area contributed by atoms with Crippen LogP contribution in [0.1, 0.15) is 12.0 Å². The predicted octanol–water partition coefficient (Wildman–Crippen LogP) is -0.267. The second-order valence-electron chi connectivity index (χ2n) is 5.99. The van der Waals surface area contributed by atoms with Crippen LogP contribution in [0.15, 0.2) is 35.0 Å². The van der Waals surface area contributed by atoms with Crippen molar-refractivity contribution in [2.45, 2.75) is 30.5 Å². The van der Waals surface area contributed by atoms with Gasteiger partial charge in [0.05, 0.1) is 6.61 Å². The highest BCUT2D eigenvalue weighted by Crippen LogP contribution is 2.32. The van der Waals surface area contributed by atoms with E-state index in [0.717, 1.165) is 10.9 Å². The first-order chi connectivity index (χ1) is 12.1. The smallest absolute Gasteiger partial charge is 0.258 e. The molecule has 0 spiro atoms. The summed E-state index contributed by atoms with van der Waals surface area (Å²) in [5, 5.41) is 43.9. The van der Waals surface area contributed by atoms with Gasteiger partial charge < -0.3 is 34.7 Å². The number of aliphatic hydroxyl groups excluding tert-OH is 4. The van der Waals surface area contributed by atoms with Crippen LogP contribution < -0.4 is 0 Å². The summed E-state index contributed by atoms with van der Waals surface area (Å²) in [6, 6.07) is 7.50. The van der Waals surface area contributed by atoms with Crippen LogP contribution in [-0.4, -0.2) is 66.6 Å². The van der Waals surface area contributed by atoms with E-state index in [1.165, 1.54) is 0 Å². The highest BCUT2D eigenvalue weighted by atomic mass is 16.6. The van der Waals surface area contributed by atoms with E-state index in [9.17, 15) is 20.4 Å². The molecule has 5 atom stereocenters. The van der Waals surface area contributed by atoms with E-state index in [1.54, 1.807) is 0 Å². The molecule has 1 aromatic carbocycles. The van der Waals surface area contributed by atoms with Crippen molar-refractivity contribution >= 4 is 10.9 Å². The van der Waals surface area contributed by atoms with Crippen LogP contribution in [0.5, 0.6) is 0 Å². The molecule has 2 aromatic heterocycles. The Hall–Kier alpha value is -2.30. The number of ether oxygens (including phenoxy) is 1. The zero-order valence-electron chi connectivity index (χ0n) is 13.0. The van der Waals surface area contributed by atoms with Gasteiger partial charge in [-0.15, -0.1) is 0 Å². The van der Waals surface area contributed by atoms with Crippen LogP contribution in [0.2, 0.25) is 0 Å². The number of hydrogen-bond donors (Lipinski definition) is 5. The zero-order chi connectivity index (χ0) is 17.6. The lowest BCUT2D eigenvalue weighted by Crippen LogP contribution is -2.55. The van der Waals surface area contributed by atoms with Crippen molar-refractivity contribution in [3.05, 3.63) is 36.4 Å². The number of nitrogens with one attached hydrogen (secondary N) is 1. The third-order valence-corrected chi connectivity index (χ3v) is 4.39. The Morgan fingerprint density at radius 3 is 2.72 bits per heavy atom. The van der Waals surface area contributed by atoms with E-state index in [2.05, 4.69) is 15.1 Å². The number of hydrogen-bond acceptors (Lipinski definition) is 8. The zero-order valence-corrected chi connectivity index (χ0v) is 13.0. The monoisotopic (exact) mass is 347 g/mol. The molecule has 25 heavy (non-hydrogen) atoms. The van der Waals surface area contributed by atoms with E-state index in [1.807, 2.05) is 30.5 Å².